The van der Waals surface area contributed by atoms with E-state index in [9.17, 15) is 0 Å². The number of benzene rings is 3. The van der Waals surface area contributed by atoms with Crippen LogP contribution in [-0.2, 0) is 0 Å². The van der Waals surface area contributed by atoms with E-state index in [1.807, 2.05) is 0 Å². The first-order valence-corrected chi connectivity index (χ1v) is 9.20. The Morgan fingerprint density at radius 1 is 0.682 bits per heavy atom. The first-order valence-electron chi connectivity index (χ1n) is 7.27. The maximum atomic E-state index is 2.50. The molecule has 1 aromatic heterocycles. The average molecular weight is 399 g/mol. The zero-order valence-electron chi connectivity index (χ0n) is 12.3. The van der Waals surface area contributed by atoms with Crippen molar-refractivity contribution < 1.29 is 21.8 Å². The summed E-state index contributed by atoms with van der Waals surface area (Å²) in [7, 11) is 2.19. The minimum absolute atomic E-state index is 0.331. The van der Waals surface area contributed by atoms with Crippen molar-refractivity contribution in [2.24, 2.45) is 0 Å². The van der Waals surface area contributed by atoms with Crippen molar-refractivity contribution in [2.45, 2.75) is 0 Å². The Kier molecular flexibility index (Phi) is 3.50. The van der Waals surface area contributed by atoms with Gasteiger partial charge in [-0.3, -0.25) is 0 Å². The van der Waals surface area contributed by atoms with E-state index in [1.54, 1.807) is 0 Å². The summed E-state index contributed by atoms with van der Waals surface area (Å²) in [5.74, 6) is 0. The van der Waals surface area contributed by atoms with Gasteiger partial charge in [-0.2, -0.15) is 0 Å². The third-order valence-electron chi connectivity index (χ3n) is 3.82. The first kappa shape index (κ1) is 13.6. The fourth-order valence-electron chi connectivity index (χ4n) is 2.75. The third kappa shape index (κ3) is 2.25. The summed E-state index contributed by atoms with van der Waals surface area (Å²) in [5, 5.41) is 2.69. The van der Waals surface area contributed by atoms with Gasteiger partial charge in [-0.05, 0) is 0 Å². The van der Waals surface area contributed by atoms with Gasteiger partial charge in [0.25, 0.3) is 0 Å². The summed E-state index contributed by atoms with van der Waals surface area (Å²) in [5.41, 5.74) is 3.94. The number of anilines is 1. The zero-order chi connectivity index (χ0) is 14.9. The summed E-state index contributed by atoms with van der Waals surface area (Å²) < 4.78 is 4.88. The Bertz CT molecular complexity index is 875. The second-order valence-corrected chi connectivity index (χ2v) is 8.05. The van der Waals surface area contributed by atoms with Crippen LogP contribution in [0.5, 0.6) is 0 Å². The van der Waals surface area contributed by atoms with Crippen LogP contribution >= 0.6 is 0 Å². The van der Waals surface area contributed by atoms with Crippen molar-refractivity contribution in [3.8, 4) is 0 Å². The van der Waals surface area contributed by atoms with Gasteiger partial charge >= 0.3 is 141 Å². The van der Waals surface area contributed by atoms with Gasteiger partial charge in [0.15, 0.2) is 0 Å². The van der Waals surface area contributed by atoms with Crippen LogP contribution in [0.1, 0.15) is 0 Å². The molecule has 3 heteroatoms. The second-order valence-electron chi connectivity index (χ2n) is 5.20. The number of aromatic nitrogens is 1. The SMILES string of the molecule is CN([I-]n1c2ccccc2c2ccccc21)c1ccccc1. The van der Waals surface area contributed by atoms with E-state index >= 15 is 0 Å². The number of halogens is 1. The van der Waals surface area contributed by atoms with Crippen LogP contribution in [0, 0.1) is 0 Å². The van der Waals surface area contributed by atoms with Crippen molar-refractivity contribution in [1.29, 1.82) is 0 Å². The number of hydrogen-bond donors (Lipinski definition) is 0. The summed E-state index contributed by atoms with van der Waals surface area (Å²) >= 11 is -0.331. The normalized spacial score (nSPS) is 11.3. The van der Waals surface area contributed by atoms with Crippen LogP contribution in [0.25, 0.3) is 21.8 Å². The molecule has 110 valence electrons. The monoisotopic (exact) mass is 399 g/mol. The Balaban J connectivity index is 1.86. The van der Waals surface area contributed by atoms with Gasteiger partial charge in [-0.1, -0.05) is 0 Å². The van der Waals surface area contributed by atoms with Gasteiger partial charge < -0.3 is 0 Å². The Hall–Kier alpha value is -2.01. The standard InChI is InChI=1S/C19H16IN2/c1-21(15-9-3-2-4-10-15)20-22-18-13-7-5-11-16(18)17-12-6-8-14-19(17)22/h2-14H,1H3/q-1. The molecule has 0 aliphatic heterocycles. The molecule has 1 heterocycles. The van der Waals surface area contributed by atoms with Crippen LogP contribution < -0.4 is 24.9 Å². The molecule has 2 nitrogen and oxygen atoms in total. The van der Waals surface area contributed by atoms with E-state index in [0.717, 1.165) is 0 Å². The zero-order valence-corrected chi connectivity index (χ0v) is 14.4. The van der Waals surface area contributed by atoms with Gasteiger partial charge in [0.2, 0.25) is 0 Å². The molecule has 0 unspecified atom stereocenters. The van der Waals surface area contributed by atoms with Crippen LogP contribution in [0.15, 0.2) is 78.9 Å². The summed E-state index contributed by atoms with van der Waals surface area (Å²) in [6.07, 6.45) is 0. The molecular weight excluding hydrogens is 383 g/mol. The van der Waals surface area contributed by atoms with Crippen molar-refractivity contribution >= 4 is 27.5 Å². The van der Waals surface area contributed by atoms with Crippen molar-refractivity contribution in [2.75, 3.05) is 10.2 Å². The van der Waals surface area contributed by atoms with E-state index in [4.69, 9.17) is 0 Å². The first-order chi connectivity index (χ1) is 10.8. The fraction of sp³-hybridized carbons (Fsp3) is 0.0526. The molecule has 0 amide bonds. The third-order valence-corrected chi connectivity index (χ3v) is 6.50. The van der Waals surface area contributed by atoms with Crippen LogP contribution in [-0.4, -0.2) is 9.83 Å². The van der Waals surface area contributed by atoms with Gasteiger partial charge in [0.05, 0.1) is 0 Å². The molecule has 4 rings (SSSR count). The number of fused-ring (bicyclic) bond motifs is 3. The molecule has 0 saturated carbocycles. The summed E-state index contributed by atoms with van der Waals surface area (Å²) in [6, 6.07) is 28.0. The van der Waals surface area contributed by atoms with Crippen molar-refractivity contribution in [3.63, 3.8) is 0 Å². The van der Waals surface area contributed by atoms with Gasteiger partial charge in [0.1, 0.15) is 0 Å². The van der Waals surface area contributed by atoms with Crippen molar-refractivity contribution in [1.82, 2.24) is 2.78 Å². The maximum absolute atomic E-state index is 2.50. The molecule has 0 N–H and O–H groups in total. The predicted molar refractivity (Wildman–Crippen MR) is 89.7 cm³/mol. The molecule has 22 heavy (non-hydrogen) atoms. The van der Waals surface area contributed by atoms with E-state index < -0.39 is 0 Å². The van der Waals surface area contributed by atoms with E-state index in [2.05, 4.69) is 91.8 Å². The number of para-hydroxylation sites is 3. The quantitative estimate of drug-likeness (QED) is 0.376. The summed E-state index contributed by atoms with van der Waals surface area (Å²) in [4.78, 5) is 0. The van der Waals surface area contributed by atoms with Crippen molar-refractivity contribution in [3.05, 3.63) is 78.9 Å². The molecule has 0 aliphatic rings. The molecule has 0 spiro atoms. The fourth-order valence-corrected chi connectivity index (χ4v) is 5.27. The Labute approximate surface area is 140 Å². The Morgan fingerprint density at radius 2 is 1.18 bits per heavy atom. The molecule has 3 aromatic carbocycles. The molecule has 0 radical (unpaired) electrons. The predicted octanol–water partition coefficient (Wildman–Crippen LogP) is 1.70. The molecule has 0 bridgehead atoms. The van der Waals surface area contributed by atoms with Crippen LogP contribution in [0.4, 0.5) is 5.69 Å². The molecule has 0 fully saturated rings. The molecular formula is C19H16IN2-. The van der Waals surface area contributed by atoms with E-state index in [-0.39, 0.29) is 21.8 Å². The van der Waals surface area contributed by atoms with Gasteiger partial charge in [-0.15, -0.1) is 0 Å². The second kappa shape index (κ2) is 5.65. The van der Waals surface area contributed by atoms with Crippen LogP contribution in [0.2, 0.25) is 0 Å². The Morgan fingerprint density at radius 3 is 1.77 bits per heavy atom. The molecule has 0 aliphatic carbocycles. The van der Waals surface area contributed by atoms with E-state index in [1.165, 1.54) is 27.5 Å². The molecule has 4 aromatic rings. The average Bonchev–Trinajstić information content (AvgIpc) is 2.90. The number of nitrogens with zero attached hydrogens (tertiary/aromatic N) is 2. The molecule has 0 atom stereocenters. The molecule has 0 saturated heterocycles. The number of hydrogen-bond acceptors (Lipinski definition) is 1. The number of rotatable bonds is 3. The minimum atomic E-state index is -0.331. The van der Waals surface area contributed by atoms with Crippen LogP contribution in [0.3, 0.4) is 0 Å². The summed E-state index contributed by atoms with van der Waals surface area (Å²) in [6.45, 7) is 0. The topological polar surface area (TPSA) is 8.17 Å². The van der Waals surface area contributed by atoms with Gasteiger partial charge in [0, 0.05) is 0 Å². The van der Waals surface area contributed by atoms with Gasteiger partial charge in [-0.25, -0.2) is 0 Å². The van der Waals surface area contributed by atoms with E-state index in [0.29, 0.717) is 0 Å².